The summed E-state index contributed by atoms with van der Waals surface area (Å²) in [5.41, 5.74) is 2.35. The fraction of sp³-hybridized carbons (Fsp3) is 0.348. The van der Waals surface area contributed by atoms with Crippen molar-refractivity contribution in [1.82, 2.24) is 4.90 Å². The lowest BCUT2D eigenvalue weighted by molar-refractivity contribution is -0.110. The first-order chi connectivity index (χ1) is 14.3. The normalized spacial score (nSPS) is 14.6. The number of nitrogens with zero attached hydrogens (tertiary/aromatic N) is 1. The summed E-state index contributed by atoms with van der Waals surface area (Å²) in [5, 5.41) is 8.71. The summed E-state index contributed by atoms with van der Waals surface area (Å²) < 4.78 is 27.8. The number of amides is 1. The van der Waals surface area contributed by atoms with E-state index in [0.717, 1.165) is 6.54 Å². The minimum Gasteiger partial charge on any atom is -0.381 e. The molecule has 1 amide bonds. The van der Waals surface area contributed by atoms with Gasteiger partial charge in [0.15, 0.2) is 0 Å². The van der Waals surface area contributed by atoms with Crippen LogP contribution in [-0.4, -0.2) is 36.0 Å². The van der Waals surface area contributed by atoms with E-state index in [1.54, 1.807) is 18.2 Å². The monoisotopic (exact) mass is 414 g/mol. The molecule has 1 aliphatic heterocycles. The van der Waals surface area contributed by atoms with Crippen LogP contribution in [0.25, 0.3) is 5.57 Å². The van der Waals surface area contributed by atoms with Gasteiger partial charge in [0, 0.05) is 42.6 Å². The van der Waals surface area contributed by atoms with E-state index >= 15 is 0 Å². The molecule has 0 saturated carbocycles. The van der Waals surface area contributed by atoms with Gasteiger partial charge in [-0.3, -0.25) is 9.69 Å². The van der Waals surface area contributed by atoms with Crippen molar-refractivity contribution in [3.05, 3.63) is 59.8 Å². The molecule has 1 aliphatic rings. The maximum atomic E-state index is 14.5. The molecular weight excluding hydrogens is 386 g/mol. The summed E-state index contributed by atoms with van der Waals surface area (Å²) >= 11 is 0. The lowest BCUT2D eigenvalue weighted by atomic mass is 10.1. The summed E-state index contributed by atoms with van der Waals surface area (Å²) in [6.07, 6.45) is 1.50. The fourth-order valence-electron chi connectivity index (χ4n) is 3.65. The molecule has 0 atom stereocenters. The number of carbonyl (C=O) groups excluding carboxylic acids is 1. The minimum atomic E-state index is -0.418. The lowest BCUT2D eigenvalue weighted by Gasteiger charge is -2.30. The molecule has 3 rings (SSSR count). The largest absolute Gasteiger partial charge is 0.381 e. The number of rotatable bonds is 8. The van der Waals surface area contributed by atoms with E-state index in [0.29, 0.717) is 46.8 Å². The van der Waals surface area contributed by atoms with Crippen molar-refractivity contribution in [1.29, 1.82) is 0 Å². The quantitative estimate of drug-likeness (QED) is 0.538. The van der Waals surface area contributed by atoms with Gasteiger partial charge in [0.1, 0.15) is 11.6 Å². The zero-order chi connectivity index (χ0) is 21.8. The van der Waals surface area contributed by atoms with Crippen molar-refractivity contribution >= 4 is 28.5 Å². The van der Waals surface area contributed by atoms with Crippen LogP contribution in [0.15, 0.2) is 42.6 Å². The third-order valence-corrected chi connectivity index (χ3v) is 5.13. The van der Waals surface area contributed by atoms with Crippen molar-refractivity contribution in [2.24, 2.45) is 0 Å². The van der Waals surface area contributed by atoms with Crippen LogP contribution in [0, 0.1) is 11.6 Å². The first-order valence-electron chi connectivity index (χ1n) is 10.1. The van der Waals surface area contributed by atoms with Crippen LogP contribution in [0.5, 0.6) is 0 Å². The average molecular weight is 415 g/mol. The van der Waals surface area contributed by atoms with Crippen LogP contribution < -0.4 is 16.0 Å². The topological polar surface area (TPSA) is 56.4 Å². The molecule has 0 aliphatic carbocycles. The van der Waals surface area contributed by atoms with Crippen molar-refractivity contribution in [3.8, 4) is 0 Å². The average Bonchev–Trinajstić information content (AvgIpc) is 2.98. The molecule has 1 heterocycles. The predicted octanol–water partition coefficient (Wildman–Crippen LogP) is 4.90. The third kappa shape index (κ3) is 4.97. The lowest BCUT2D eigenvalue weighted by Crippen LogP contribution is -2.40. The molecule has 0 saturated heterocycles. The highest BCUT2D eigenvalue weighted by Crippen LogP contribution is 2.32. The molecule has 5 nitrogen and oxygen atoms in total. The van der Waals surface area contributed by atoms with Gasteiger partial charge in [0.2, 0.25) is 0 Å². The first kappa shape index (κ1) is 21.8. The van der Waals surface area contributed by atoms with Crippen LogP contribution in [0.1, 0.15) is 33.3 Å². The number of carbonyl (C=O) groups is 1. The number of nitrogens with one attached hydrogen (secondary N) is 3. The second-order valence-electron chi connectivity index (χ2n) is 7.89. The zero-order valence-electron chi connectivity index (χ0n) is 17.7. The number of fused-ring (bicyclic) bond motifs is 1. The van der Waals surface area contributed by atoms with Crippen molar-refractivity contribution in [3.63, 3.8) is 0 Å². The van der Waals surface area contributed by atoms with E-state index < -0.39 is 5.82 Å². The predicted molar refractivity (Wildman–Crippen MR) is 118 cm³/mol. The van der Waals surface area contributed by atoms with Gasteiger partial charge in [-0.15, -0.1) is 0 Å². The Hall–Kier alpha value is -2.93. The Balaban J connectivity index is 1.64. The van der Waals surface area contributed by atoms with Crippen molar-refractivity contribution in [2.75, 3.05) is 29.0 Å². The highest BCUT2D eigenvalue weighted by molar-refractivity contribution is 6.31. The molecule has 2 aromatic carbocycles. The molecule has 0 radical (unpaired) electrons. The minimum absolute atomic E-state index is 0.332. The molecule has 0 fully saturated rings. The molecule has 160 valence electrons. The fourth-order valence-corrected chi connectivity index (χ4v) is 3.65. The summed E-state index contributed by atoms with van der Waals surface area (Å²) in [4.78, 5) is 14.5. The molecule has 7 heteroatoms. The van der Waals surface area contributed by atoms with Gasteiger partial charge in [-0.2, -0.15) is 0 Å². The Bertz CT molecular complexity index is 948. The molecule has 3 N–H and O–H groups in total. The molecular formula is C23H28F2N4O. The Labute approximate surface area is 176 Å². The van der Waals surface area contributed by atoms with Crippen LogP contribution in [0.3, 0.4) is 0 Å². The van der Waals surface area contributed by atoms with E-state index in [9.17, 15) is 13.6 Å². The van der Waals surface area contributed by atoms with Crippen LogP contribution >= 0.6 is 0 Å². The van der Waals surface area contributed by atoms with Crippen molar-refractivity contribution < 1.29 is 13.6 Å². The molecule has 2 aromatic rings. The number of hydrogen-bond donors (Lipinski definition) is 3. The Morgan fingerprint density at radius 3 is 2.47 bits per heavy atom. The van der Waals surface area contributed by atoms with Gasteiger partial charge in [-0.1, -0.05) is 0 Å². The number of hydrogen-bond acceptors (Lipinski definition) is 4. The number of anilines is 3. The second kappa shape index (κ2) is 9.26. The van der Waals surface area contributed by atoms with Crippen LogP contribution in [0.4, 0.5) is 25.8 Å². The van der Waals surface area contributed by atoms with Gasteiger partial charge in [-0.05, 0) is 64.1 Å². The SMILES string of the molecule is CC(C)N(CCNc1ccc(NC=C2C(=O)Nc3cc(F)ccc32)cc1F)C(C)C. The third-order valence-electron chi connectivity index (χ3n) is 5.13. The maximum absolute atomic E-state index is 14.5. The van der Waals surface area contributed by atoms with Crippen molar-refractivity contribution in [2.45, 2.75) is 39.8 Å². The van der Waals surface area contributed by atoms with Gasteiger partial charge in [0.25, 0.3) is 5.91 Å². The summed E-state index contributed by atoms with van der Waals surface area (Å²) in [5.74, 6) is -1.13. The second-order valence-corrected chi connectivity index (χ2v) is 7.89. The van der Waals surface area contributed by atoms with E-state index in [1.807, 2.05) is 0 Å². The van der Waals surface area contributed by atoms with E-state index in [-0.39, 0.29) is 11.7 Å². The number of benzene rings is 2. The van der Waals surface area contributed by atoms with Gasteiger partial charge < -0.3 is 16.0 Å². The zero-order valence-corrected chi connectivity index (χ0v) is 17.7. The van der Waals surface area contributed by atoms with Crippen LogP contribution in [-0.2, 0) is 4.79 Å². The summed E-state index contributed by atoms with van der Waals surface area (Å²) in [7, 11) is 0. The van der Waals surface area contributed by atoms with Crippen LogP contribution in [0.2, 0.25) is 0 Å². The smallest absolute Gasteiger partial charge is 0.257 e. The molecule has 30 heavy (non-hydrogen) atoms. The van der Waals surface area contributed by atoms with E-state index in [2.05, 4.69) is 48.5 Å². The van der Waals surface area contributed by atoms with E-state index in [4.69, 9.17) is 0 Å². The summed E-state index contributed by atoms with van der Waals surface area (Å²) in [6.45, 7) is 10.0. The van der Waals surface area contributed by atoms with Gasteiger partial charge in [0.05, 0.1) is 16.9 Å². The molecule has 0 bridgehead atoms. The van der Waals surface area contributed by atoms with E-state index in [1.165, 1.54) is 24.4 Å². The highest BCUT2D eigenvalue weighted by Gasteiger charge is 2.24. The highest BCUT2D eigenvalue weighted by atomic mass is 19.1. The first-order valence-corrected chi connectivity index (χ1v) is 10.1. The Kier molecular flexibility index (Phi) is 6.72. The summed E-state index contributed by atoms with van der Waals surface area (Å²) in [6, 6.07) is 9.74. The van der Waals surface area contributed by atoms with Gasteiger partial charge >= 0.3 is 0 Å². The Morgan fingerprint density at radius 1 is 1.07 bits per heavy atom. The molecule has 0 aromatic heterocycles. The number of halogens is 2. The molecule has 0 unspecified atom stereocenters. The van der Waals surface area contributed by atoms with Gasteiger partial charge in [-0.25, -0.2) is 8.78 Å². The maximum Gasteiger partial charge on any atom is 0.257 e. The standard InChI is InChI=1S/C23H28F2N4O/c1-14(2)29(15(3)4)10-9-26-21-8-6-17(12-20(21)25)27-13-19-18-7-5-16(24)11-22(18)28-23(19)30/h5-8,11-15,26-27H,9-10H2,1-4H3,(H,28,30). The molecule has 0 spiro atoms. The Morgan fingerprint density at radius 2 is 1.80 bits per heavy atom.